The second-order valence-electron chi connectivity index (χ2n) is 6.80. The molecule has 3 rings (SSSR count). The number of hydrogen-bond donors (Lipinski definition) is 2. The zero-order valence-corrected chi connectivity index (χ0v) is 14.9. The highest BCUT2D eigenvalue weighted by Crippen LogP contribution is 2.29. The van der Waals surface area contributed by atoms with Crippen molar-refractivity contribution in [2.45, 2.75) is 57.0 Å². The van der Waals surface area contributed by atoms with Gasteiger partial charge in [-0.3, -0.25) is 9.59 Å². The molecule has 1 aliphatic carbocycles. The maximum absolute atomic E-state index is 12.4. The van der Waals surface area contributed by atoms with E-state index in [1.54, 1.807) is 0 Å². The smallest absolute Gasteiger partial charge is 0.240 e. The third-order valence-electron chi connectivity index (χ3n) is 5.05. The summed E-state index contributed by atoms with van der Waals surface area (Å²) in [6.07, 6.45) is 5.08. The number of halogens is 1. The van der Waals surface area contributed by atoms with Gasteiger partial charge in [-0.15, -0.1) is 12.4 Å². The molecule has 132 valence electrons. The van der Waals surface area contributed by atoms with E-state index in [1.807, 2.05) is 36.1 Å². The van der Waals surface area contributed by atoms with Crippen molar-refractivity contribution in [3.8, 4) is 0 Å². The van der Waals surface area contributed by atoms with Crippen LogP contribution in [-0.2, 0) is 9.59 Å². The summed E-state index contributed by atoms with van der Waals surface area (Å²) in [4.78, 5) is 26.2. The van der Waals surface area contributed by atoms with E-state index in [0.29, 0.717) is 6.42 Å². The number of rotatable bonds is 4. The number of nitrogens with zero attached hydrogens (tertiary/aromatic N) is 1. The van der Waals surface area contributed by atoms with Gasteiger partial charge in [-0.05, 0) is 43.9 Å². The molecule has 1 unspecified atom stereocenters. The Morgan fingerprint density at radius 2 is 2.00 bits per heavy atom. The molecule has 1 atom stereocenters. The lowest BCUT2D eigenvalue weighted by atomic mass is 9.97. The molecule has 0 aromatic heterocycles. The fourth-order valence-electron chi connectivity index (χ4n) is 3.54. The van der Waals surface area contributed by atoms with Gasteiger partial charge in [0.25, 0.3) is 0 Å². The van der Waals surface area contributed by atoms with Gasteiger partial charge in [0.1, 0.15) is 0 Å². The minimum Gasteiger partial charge on any atom is -0.348 e. The molecule has 1 saturated carbocycles. The van der Waals surface area contributed by atoms with Crippen molar-refractivity contribution in [1.29, 1.82) is 0 Å². The Labute approximate surface area is 149 Å². The van der Waals surface area contributed by atoms with E-state index < -0.39 is 5.54 Å². The van der Waals surface area contributed by atoms with Crippen molar-refractivity contribution in [3.05, 3.63) is 29.8 Å². The predicted octanol–water partition coefficient (Wildman–Crippen LogP) is 2.68. The van der Waals surface area contributed by atoms with Crippen LogP contribution in [0, 0.1) is 0 Å². The van der Waals surface area contributed by atoms with Crippen LogP contribution in [0.1, 0.15) is 57.1 Å². The van der Waals surface area contributed by atoms with Crippen LogP contribution < -0.4 is 16.0 Å². The van der Waals surface area contributed by atoms with Crippen LogP contribution in [0.3, 0.4) is 0 Å². The van der Waals surface area contributed by atoms with Crippen molar-refractivity contribution < 1.29 is 9.59 Å². The molecule has 2 fully saturated rings. The van der Waals surface area contributed by atoms with Gasteiger partial charge in [-0.25, -0.2) is 0 Å². The maximum atomic E-state index is 12.4. The zero-order valence-electron chi connectivity index (χ0n) is 14.1. The minimum atomic E-state index is -0.712. The highest BCUT2D eigenvalue weighted by molar-refractivity contribution is 5.95. The quantitative estimate of drug-likeness (QED) is 0.875. The van der Waals surface area contributed by atoms with Crippen LogP contribution in [-0.4, -0.2) is 23.9 Å². The van der Waals surface area contributed by atoms with Gasteiger partial charge in [0, 0.05) is 18.7 Å². The summed E-state index contributed by atoms with van der Waals surface area (Å²) in [5, 5.41) is 3.04. The zero-order chi connectivity index (χ0) is 16.4. The Balaban J connectivity index is 0.00000208. The molecule has 2 amide bonds. The highest BCUT2D eigenvalue weighted by atomic mass is 35.5. The molecule has 2 aliphatic rings. The number of anilines is 1. The monoisotopic (exact) mass is 351 g/mol. The second-order valence-corrected chi connectivity index (χ2v) is 6.80. The maximum Gasteiger partial charge on any atom is 0.240 e. The molecule has 5 nitrogen and oxygen atoms in total. The van der Waals surface area contributed by atoms with Gasteiger partial charge in [0.05, 0.1) is 11.6 Å². The normalized spacial score (nSPS) is 20.6. The number of amides is 2. The molecule has 6 heteroatoms. The van der Waals surface area contributed by atoms with Crippen molar-refractivity contribution in [3.63, 3.8) is 0 Å². The van der Waals surface area contributed by atoms with E-state index in [4.69, 9.17) is 5.73 Å². The number of benzene rings is 1. The summed E-state index contributed by atoms with van der Waals surface area (Å²) in [5.41, 5.74) is 7.41. The van der Waals surface area contributed by atoms with E-state index in [-0.39, 0.29) is 30.3 Å². The average molecular weight is 352 g/mol. The Hall–Kier alpha value is -1.59. The lowest BCUT2D eigenvalue weighted by Crippen LogP contribution is -2.52. The molecule has 1 aromatic rings. The van der Waals surface area contributed by atoms with E-state index in [1.165, 1.54) is 0 Å². The summed E-state index contributed by atoms with van der Waals surface area (Å²) < 4.78 is 0. The molecule has 0 radical (unpaired) electrons. The van der Waals surface area contributed by atoms with Gasteiger partial charge in [-0.1, -0.05) is 25.0 Å². The topological polar surface area (TPSA) is 75.4 Å². The average Bonchev–Trinajstić information content (AvgIpc) is 3.17. The molecule has 1 aromatic carbocycles. The van der Waals surface area contributed by atoms with E-state index in [9.17, 15) is 9.59 Å². The van der Waals surface area contributed by atoms with Crippen LogP contribution in [0.4, 0.5) is 5.69 Å². The van der Waals surface area contributed by atoms with Gasteiger partial charge in [0.15, 0.2) is 0 Å². The molecule has 0 spiro atoms. The third kappa shape index (κ3) is 3.73. The largest absolute Gasteiger partial charge is 0.348 e. The number of nitrogens with one attached hydrogen (secondary N) is 1. The standard InChI is InChI=1S/C18H25N3O2.ClH/c1-13(20-17(23)18(19)9-2-3-10-18)14-6-4-7-15(12-14)21-11-5-8-16(21)22;/h4,6-7,12-13H,2-3,5,8-11,19H2,1H3,(H,20,23);1H. The SMILES string of the molecule is CC(NC(=O)C1(N)CCCC1)c1cccc(N2CCCC2=O)c1.Cl. The number of carbonyl (C=O) groups excluding carboxylic acids is 2. The first kappa shape index (κ1) is 18.7. The minimum absolute atomic E-state index is 0. The van der Waals surface area contributed by atoms with Crippen LogP contribution in [0.25, 0.3) is 0 Å². The fourth-order valence-corrected chi connectivity index (χ4v) is 3.54. The summed E-state index contributed by atoms with van der Waals surface area (Å²) >= 11 is 0. The lowest BCUT2D eigenvalue weighted by molar-refractivity contribution is -0.126. The molecule has 0 bridgehead atoms. The van der Waals surface area contributed by atoms with E-state index in [2.05, 4.69) is 5.32 Å². The Morgan fingerprint density at radius 3 is 2.62 bits per heavy atom. The van der Waals surface area contributed by atoms with Gasteiger partial charge in [0.2, 0.25) is 11.8 Å². The molecule has 1 heterocycles. The fraction of sp³-hybridized carbons (Fsp3) is 0.556. The number of nitrogens with two attached hydrogens (primary N) is 1. The van der Waals surface area contributed by atoms with Gasteiger partial charge in [-0.2, -0.15) is 0 Å². The van der Waals surface area contributed by atoms with Gasteiger partial charge >= 0.3 is 0 Å². The molecule has 1 aliphatic heterocycles. The molecular weight excluding hydrogens is 326 g/mol. The second kappa shape index (κ2) is 7.53. The first-order chi connectivity index (χ1) is 11.0. The van der Waals surface area contributed by atoms with Crippen LogP contribution >= 0.6 is 12.4 Å². The summed E-state index contributed by atoms with van der Waals surface area (Å²) in [6.45, 7) is 2.73. The summed E-state index contributed by atoms with van der Waals surface area (Å²) in [7, 11) is 0. The third-order valence-corrected chi connectivity index (χ3v) is 5.05. The molecule has 24 heavy (non-hydrogen) atoms. The molecular formula is C18H26ClN3O2. The Bertz CT molecular complexity index is 614. The van der Waals surface area contributed by atoms with Gasteiger partial charge < -0.3 is 16.0 Å². The highest BCUT2D eigenvalue weighted by Gasteiger charge is 2.37. The van der Waals surface area contributed by atoms with Crippen LogP contribution in [0.15, 0.2) is 24.3 Å². The van der Waals surface area contributed by atoms with Crippen molar-refractivity contribution in [2.75, 3.05) is 11.4 Å². The van der Waals surface area contributed by atoms with Crippen molar-refractivity contribution in [2.24, 2.45) is 5.73 Å². The predicted molar refractivity (Wildman–Crippen MR) is 97.2 cm³/mol. The van der Waals surface area contributed by atoms with Crippen LogP contribution in [0.5, 0.6) is 0 Å². The first-order valence-electron chi connectivity index (χ1n) is 8.50. The lowest BCUT2D eigenvalue weighted by Gasteiger charge is -2.26. The summed E-state index contributed by atoms with van der Waals surface area (Å²) in [6, 6.07) is 7.73. The molecule has 1 saturated heterocycles. The number of hydrogen-bond acceptors (Lipinski definition) is 3. The van der Waals surface area contributed by atoms with Crippen molar-refractivity contribution in [1.82, 2.24) is 5.32 Å². The van der Waals surface area contributed by atoms with E-state index in [0.717, 1.165) is 49.9 Å². The van der Waals surface area contributed by atoms with Crippen LogP contribution in [0.2, 0.25) is 0 Å². The first-order valence-corrected chi connectivity index (χ1v) is 8.50. The molecule has 3 N–H and O–H groups in total. The van der Waals surface area contributed by atoms with Crippen molar-refractivity contribution >= 4 is 29.9 Å². The Morgan fingerprint density at radius 1 is 1.29 bits per heavy atom. The van der Waals surface area contributed by atoms with E-state index >= 15 is 0 Å². The summed E-state index contributed by atoms with van der Waals surface area (Å²) in [5.74, 6) is 0.107. The number of carbonyl (C=O) groups is 2. The Kier molecular flexibility index (Phi) is 5.88.